The number of Topliss-reactive ketones (excluding diaryl/α,β-unsaturated/α-hetero) is 1. The average Bonchev–Trinajstić information content (AvgIpc) is 3.09. The Balaban J connectivity index is 1.53. The molecule has 5 aliphatic rings. The van der Waals surface area contributed by atoms with Crippen LogP contribution in [-0.2, 0) is 26.1 Å². The van der Waals surface area contributed by atoms with Gasteiger partial charge in [-0.15, -0.1) is 0 Å². The van der Waals surface area contributed by atoms with E-state index in [-0.39, 0.29) is 35.6 Å². The fraction of sp³-hybridized carbons (Fsp3) is 0.667. The Labute approximate surface area is 218 Å². The van der Waals surface area contributed by atoms with Crippen LogP contribution in [0.25, 0.3) is 0 Å². The molecule has 1 saturated heterocycles. The van der Waals surface area contributed by atoms with Gasteiger partial charge in [-0.25, -0.2) is 4.79 Å². The predicted molar refractivity (Wildman–Crippen MR) is 137 cm³/mol. The molecular formula is C30H39NO6. The Hall–Kier alpha value is -2.22. The van der Waals surface area contributed by atoms with E-state index in [0.29, 0.717) is 17.2 Å². The van der Waals surface area contributed by atoms with Gasteiger partial charge in [0.15, 0.2) is 23.3 Å². The molecule has 200 valence electrons. The SMILES string of the molecule is CC1=C[C@]23C(=O)[C@@H](C=C4COC(C)(C)O[C@H]4[C@]2(O)[C@H]1OC(=O)c1c(C)ccn1C)[C@@H]1[C@@H](C[C@H]3C)C1(C)C. The van der Waals surface area contributed by atoms with Crippen LogP contribution in [0.3, 0.4) is 0 Å². The van der Waals surface area contributed by atoms with Crippen LogP contribution < -0.4 is 0 Å². The van der Waals surface area contributed by atoms with Crippen LogP contribution in [0.1, 0.15) is 64.0 Å². The van der Waals surface area contributed by atoms with Crippen molar-refractivity contribution in [2.45, 2.75) is 78.5 Å². The van der Waals surface area contributed by atoms with Crippen molar-refractivity contribution in [2.24, 2.45) is 41.5 Å². The lowest BCUT2D eigenvalue weighted by molar-refractivity contribution is -0.302. The highest BCUT2D eigenvalue weighted by molar-refractivity contribution is 5.96. The number of fused-ring (bicyclic) bond motifs is 5. The number of rotatable bonds is 2. The van der Waals surface area contributed by atoms with E-state index in [9.17, 15) is 14.7 Å². The smallest absolute Gasteiger partial charge is 0.355 e. The summed E-state index contributed by atoms with van der Waals surface area (Å²) in [5.41, 5.74) is -0.326. The molecule has 0 radical (unpaired) electrons. The van der Waals surface area contributed by atoms with E-state index in [1.807, 2.05) is 52.1 Å². The van der Waals surface area contributed by atoms with Crippen LogP contribution in [0.15, 0.2) is 35.6 Å². The van der Waals surface area contributed by atoms with Crippen LogP contribution in [-0.4, -0.2) is 51.6 Å². The molecule has 2 bridgehead atoms. The second-order valence-corrected chi connectivity index (χ2v) is 13.2. The summed E-state index contributed by atoms with van der Waals surface area (Å²) in [6.45, 7) is 14.2. The molecule has 2 heterocycles. The van der Waals surface area contributed by atoms with E-state index in [4.69, 9.17) is 14.2 Å². The number of allylic oxidation sites excluding steroid dienone is 1. The maximum absolute atomic E-state index is 14.7. The van der Waals surface area contributed by atoms with Crippen molar-refractivity contribution in [2.75, 3.05) is 6.61 Å². The summed E-state index contributed by atoms with van der Waals surface area (Å²) in [7, 11) is 1.79. The molecule has 2 saturated carbocycles. The molecule has 1 aliphatic heterocycles. The molecule has 7 heteroatoms. The van der Waals surface area contributed by atoms with Gasteiger partial charge < -0.3 is 23.9 Å². The maximum Gasteiger partial charge on any atom is 0.355 e. The summed E-state index contributed by atoms with van der Waals surface area (Å²) in [5, 5.41) is 13.1. The summed E-state index contributed by atoms with van der Waals surface area (Å²) >= 11 is 0. The molecule has 4 aliphatic carbocycles. The molecule has 1 aromatic rings. The van der Waals surface area contributed by atoms with Crippen LogP contribution >= 0.6 is 0 Å². The molecule has 1 aromatic heterocycles. The Morgan fingerprint density at radius 2 is 1.92 bits per heavy atom. The molecule has 37 heavy (non-hydrogen) atoms. The minimum absolute atomic E-state index is 0.0110. The van der Waals surface area contributed by atoms with Crippen molar-refractivity contribution >= 4 is 11.8 Å². The number of ether oxygens (including phenoxy) is 3. The van der Waals surface area contributed by atoms with E-state index < -0.39 is 35.0 Å². The molecule has 3 fully saturated rings. The molecule has 1 N–H and O–H groups in total. The maximum atomic E-state index is 14.7. The molecule has 0 aromatic carbocycles. The monoisotopic (exact) mass is 509 g/mol. The molecule has 8 atom stereocenters. The minimum atomic E-state index is -1.80. The highest BCUT2D eigenvalue weighted by atomic mass is 16.7. The van der Waals surface area contributed by atoms with Crippen molar-refractivity contribution < 1.29 is 28.9 Å². The molecular weight excluding hydrogens is 470 g/mol. The molecule has 6 rings (SSSR count). The van der Waals surface area contributed by atoms with Crippen LogP contribution in [0.5, 0.6) is 0 Å². The topological polar surface area (TPSA) is 87.0 Å². The lowest BCUT2D eigenvalue weighted by Crippen LogP contribution is -2.68. The standard InChI is InChI=1S/C30H39NO6/c1-15-9-10-31(8)22(15)26(33)36-24-16(2)13-29-17(3)11-20-21(27(20,4)5)19(23(29)32)12-18-14-35-28(6,7)37-25(18)30(24,29)34/h9-10,12-13,17,19-21,24-25,34H,11,14H2,1-8H3/t17-,19+,20-,21-,24+,25-,29+,30-/m1/s1. The number of aromatic nitrogens is 1. The van der Waals surface area contributed by atoms with Gasteiger partial charge in [0.1, 0.15) is 11.8 Å². The third-order valence-electron chi connectivity index (χ3n) is 10.4. The van der Waals surface area contributed by atoms with Crippen molar-refractivity contribution in [3.05, 3.63) is 46.8 Å². The van der Waals surface area contributed by atoms with Crippen LogP contribution in [0.2, 0.25) is 0 Å². The van der Waals surface area contributed by atoms with E-state index in [1.54, 1.807) is 11.6 Å². The zero-order valence-electron chi connectivity index (χ0n) is 23.1. The number of hydrogen-bond acceptors (Lipinski definition) is 6. The van der Waals surface area contributed by atoms with Crippen molar-refractivity contribution in [1.82, 2.24) is 4.57 Å². The quantitative estimate of drug-likeness (QED) is 0.477. The van der Waals surface area contributed by atoms with Gasteiger partial charge in [0, 0.05) is 19.2 Å². The lowest BCUT2D eigenvalue weighted by Gasteiger charge is -2.52. The van der Waals surface area contributed by atoms with Crippen LogP contribution in [0, 0.1) is 41.4 Å². The van der Waals surface area contributed by atoms with Gasteiger partial charge in [-0.3, -0.25) is 4.79 Å². The average molecular weight is 510 g/mol. The summed E-state index contributed by atoms with van der Waals surface area (Å²) in [6.07, 6.45) is 4.68. The molecule has 0 unspecified atom stereocenters. The fourth-order valence-electron chi connectivity index (χ4n) is 8.42. The first kappa shape index (κ1) is 25.1. The van der Waals surface area contributed by atoms with E-state index in [0.717, 1.165) is 17.6 Å². The van der Waals surface area contributed by atoms with Gasteiger partial charge in [0.05, 0.1) is 12.0 Å². The van der Waals surface area contributed by atoms with E-state index in [1.165, 1.54) is 0 Å². The summed E-state index contributed by atoms with van der Waals surface area (Å²) in [5.74, 6) is -1.41. The van der Waals surface area contributed by atoms with Gasteiger partial charge in [-0.05, 0) is 80.1 Å². The molecule has 0 amide bonds. The third-order valence-corrected chi connectivity index (χ3v) is 10.4. The normalized spacial score (nSPS) is 42.9. The first-order valence-electron chi connectivity index (χ1n) is 13.5. The fourth-order valence-corrected chi connectivity index (χ4v) is 8.42. The van der Waals surface area contributed by atoms with Crippen molar-refractivity contribution in [3.8, 4) is 0 Å². The summed E-state index contributed by atoms with van der Waals surface area (Å²) in [6, 6.07) is 1.86. The highest BCUT2D eigenvalue weighted by Gasteiger charge is 2.77. The molecule has 7 nitrogen and oxygen atoms in total. The zero-order chi connectivity index (χ0) is 26.9. The number of nitrogens with zero attached hydrogens (tertiary/aromatic N) is 1. The molecule has 1 spiro atoms. The first-order chi connectivity index (χ1) is 17.2. The number of hydrogen-bond donors (Lipinski definition) is 1. The predicted octanol–water partition coefficient (Wildman–Crippen LogP) is 4.13. The minimum Gasteiger partial charge on any atom is -0.450 e. The Morgan fingerprint density at radius 1 is 1.22 bits per heavy atom. The van der Waals surface area contributed by atoms with E-state index in [2.05, 4.69) is 20.8 Å². The van der Waals surface area contributed by atoms with Gasteiger partial charge in [-0.1, -0.05) is 32.9 Å². The second kappa shape index (κ2) is 7.45. The summed E-state index contributed by atoms with van der Waals surface area (Å²) < 4.78 is 20.4. The van der Waals surface area contributed by atoms with E-state index >= 15 is 0 Å². The van der Waals surface area contributed by atoms with Gasteiger partial charge in [0.2, 0.25) is 0 Å². The number of ketones is 1. The van der Waals surface area contributed by atoms with Crippen molar-refractivity contribution in [1.29, 1.82) is 0 Å². The Bertz CT molecular complexity index is 1250. The number of aryl methyl sites for hydroxylation is 2. The number of esters is 1. The highest BCUT2D eigenvalue weighted by Crippen LogP contribution is 2.72. The summed E-state index contributed by atoms with van der Waals surface area (Å²) in [4.78, 5) is 28.3. The van der Waals surface area contributed by atoms with Crippen LogP contribution in [0.4, 0.5) is 0 Å². The van der Waals surface area contributed by atoms with Gasteiger partial charge in [-0.2, -0.15) is 0 Å². The first-order valence-corrected chi connectivity index (χ1v) is 13.5. The Kier molecular flexibility index (Phi) is 5.05. The third kappa shape index (κ3) is 3.05. The zero-order valence-corrected chi connectivity index (χ0v) is 23.1. The Morgan fingerprint density at radius 3 is 2.57 bits per heavy atom. The number of aliphatic hydroxyl groups is 1. The number of carbonyl (C=O) groups excluding carboxylic acids is 2. The largest absolute Gasteiger partial charge is 0.450 e. The number of carbonyl (C=O) groups is 2. The lowest BCUT2D eigenvalue weighted by atomic mass is 9.59. The van der Waals surface area contributed by atoms with Crippen molar-refractivity contribution in [3.63, 3.8) is 0 Å². The second-order valence-electron chi connectivity index (χ2n) is 13.2. The van der Waals surface area contributed by atoms with Gasteiger partial charge in [0.25, 0.3) is 0 Å². The van der Waals surface area contributed by atoms with Gasteiger partial charge >= 0.3 is 5.97 Å².